The van der Waals surface area contributed by atoms with Crippen molar-refractivity contribution in [3.8, 4) is 11.3 Å². The molecule has 31 heavy (non-hydrogen) atoms. The van der Waals surface area contributed by atoms with E-state index in [1.165, 1.54) is 0 Å². The molecule has 0 fully saturated rings. The van der Waals surface area contributed by atoms with Gasteiger partial charge < -0.3 is 24.8 Å². The number of thiazole rings is 1. The molecule has 0 spiro atoms. The summed E-state index contributed by atoms with van der Waals surface area (Å²) in [6.45, 7) is 10.6. The van der Waals surface area contributed by atoms with Crippen LogP contribution in [0.3, 0.4) is 0 Å². The molecule has 0 unspecified atom stereocenters. The van der Waals surface area contributed by atoms with Gasteiger partial charge in [0.15, 0.2) is 5.13 Å². The molecule has 1 aromatic heterocycles. The van der Waals surface area contributed by atoms with Crippen molar-refractivity contribution in [2.45, 2.75) is 59.3 Å². The van der Waals surface area contributed by atoms with Crippen molar-refractivity contribution >= 4 is 41.2 Å². The summed E-state index contributed by atoms with van der Waals surface area (Å²) in [4.78, 5) is 29.3. The van der Waals surface area contributed by atoms with Crippen molar-refractivity contribution in [2.24, 2.45) is 0 Å². The molecular formula is C20H28BN3O6S. The molecule has 1 heterocycles. The number of rotatable bonds is 5. The Balaban J connectivity index is 2.30. The molecule has 0 atom stereocenters. The minimum absolute atomic E-state index is 0.101. The molecule has 0 aliphatic heterocycles. The van der Waals surface area contributed by atoms with Crippen LogP contribution in [-0.2, 0) is 16.0 Å². The molecule has 0 saturated carbocycles. The second kappa shape index (κ2) is 9.67. The SMILES string of the molecule is CC(C)(C)OC(=O)NCc1sc(NC(=O)OC(C)(C)C)nc1-c1cccc(B(O)O)c1. The van der Waals surface area contributed by atoms with Crippen molar-refractivity contribution < 1.29 is 29.1 Å². The highest BCUT2D eigenvalue weighted by Crippen LogP contribution is 2.31. The predicted molar refractivity (Wildman–Crippen MR) is 120 cm³/mol. The predicted octanol–water partition coefficient (Wildman–Crippen LogP) is 2.86. The molecule has 0 bridgehead atoms. The zero-order valence-corrected chi connectivity index (χ0v) is 19.3. The quantitative estimate of drug-likeness (QED) is 0.517. The standard InChI is InChI=1S/C20H28BN3O6S/c1-19(2,3)29-17(25)22-11-14-15(12-8-7-9-13(10-12)21(27)28)23-16(31-14)24-18(26)30-20(4,5)6/h7-10,27-28H,11H2,1-6H3,(H,22,25)(H,23,24,26). The lowest BCUT2D eigenvalue weighted by Gasteiger charge is -2.19. The first kappa shape index (κ1) is 24.6. The van der Waals surface area contributed by atoms with Gasteiger partial charge in [0, 0.05) is 5.56 Å². The number of alkyl carbamates (subject to hydrolysis) is 1. The van der Waals surface area contributed by atoms with Gasteiger partial charge in [-0.25, -0.2) is 14.6 Å². The number of carbonyl (C=O) groups excluding carboxylic acids is 2. The van der Waals surface area contributed by atoms with Crippen LogP contribution in [0, 0.1) is 0 Å². The van der Waals surface area contributed by atoms with E-state index in [1.807, 2.05) is 0 Å². The van der Waals surface area contributed by atoms with E-state index in [2.05, 4.69) is 15.6 Å². The van der Waals surface area contributed by atoms with Crippen LogP contribution >= 0.6 is 11.3 Å². The van der Waals surface area contributed by atoms with Gasteiger partial charge in [-0.15, -0.1) is 0 Å². The minimum Gasteiger partial charge on any atom is -0.444 e. The molecule has 11 heteroatoms. The summed E-state index contributed by atoms with van der Waals surface area (Å²) in [5.41, 5.74) is 0.0554. The van der Waals surface area contributed by atoms with Gasteiger partial charge in [-0.2, -0.15) is 0 Å². The van der Waals surface area contributed by atoms with Crippen LogP contribution < -0.4 is 16.1 Å². The van der Waals surface area contributed by atoms with Crippen molar-refractivity contribution in [2.75, 3.05) is 5.32 Å². The third kappa shape index (κ3) is 8.20. The van der Waals surface area contributed by atoms with Crippen LogP contribution in [0.2, 0.25) is 0 Å². The Morgan fingerprint density at radius 3 is 2.26 bits per heavy atom. The van der Waals surface area contributed by atoms with E-state index in [9.17, 15) is 19.6 Å². The molecule has 0 aliphatic carbocycles. The van der Waals surface area contributed by atoms with E-state index in [0.29, 0.717) is 21.6 Å². The molecule has 2 aromatic rings. The van der Waals surface area contributed by atoms with Crippen molar-refractivity contribution in [3.63, 3.8) is 0 Å². The topological polar surface area (TPSA) is 130 Å². The van der Waals surface area contributed by atoms with E-state index in [4.69, 9.17) is 9.47 Å². The summed E-state index contributed by atoms with van der Waals surface area (Å²) in [7, 11) is -1.64. The normalized spacial score (nSPS) is 11.6. The number of hydrogen-bond donors (Lipinski definition) is 4. The van der Waals surface area contributed by atoms with Gasteiger partial charge in [0.25, 0.3) is 0 Å². The molecule has 9 nitrogen and oxygen atoms in total. The number of anilines is 1. The van der Waals surface area contributed by atoms with E-state index in [-0.39, 0.29) is 11.7 Å². The molecule has 0 aliphatic rings. The van der Waals surface area contributed by atoms with Crippen LogP contribution in [0.5, 0.6) is 0 Å². The fourth-order valence-corrected chi connectivity index (χ4v) is 3.36. The number of nitrogens with one attached hydrogen (secondary N) is 2. The van der Waals surface area contributed by atoms with Crippen LogP contribution in [0.4, 0.5) is 14.7 Å². The summed E-state index contributed by atoms with van der Waals surface area (Å²) in [5, 5.41) is 24.5. The highest BCUT2D eigenvalue weighted by atomic mass is 32.1. The first-order valence-electron chi connectivity index (χ1n) is 9.66. The average molecular weight is 449 g/mol. The van der Waals surface area contributed by atoms with Crippen molar-refractivity contribution in [3.05, 3.63) is 29.1 Å². The van der Waals surface area contributed by atoms with Crippen LogP contribution in [0.1, 0.15) is 46.4 Å². The Bertz CT molecular complexity index is 934. The fourth-order valence-electron chi connectivity index (χ4n) is 2.45. The number of amides is 2. The third-order valence-electron chi connectivity index (χ3n) is 3.56. The highest BCUT2D eigenvalue weighted by molar-refractivity contribution is 7.16. The minimum atomic E-state index is -1.64. The van der Waals surface area contributed by atoms with Crippen LogP contribution in [0.25, 0.3) is 11.3 Å². The molecule has 2 rings (SSSR count). The summed E-state index contributed by atoms with van der Waals surface area (Å²) in [5.74, 6) is 0. The van der Waals surface area contributed by atoms with Crippen LogP contribution in [-0.4, -0.2) is 45.5 Å². The molecular weight excluding hydrogens is 421 g/mol. The zero-order valence-electron chi connectivity index (χ0n) is 18.5. The van der Waals surface area contributed by atoms with Gasteiger partial charge in [0.1, 0.15) is 11.2 Å². The summed E-state index contributed by atoms with van der Waals surface area (Å²) in [6.07, 6.45) is -1.24. The molecule has 4 N–H and O–H groups in total. The molecule has 0 radical (unpaired) electrons. The van der Waals surface area contributed by atoms with E-state index in [0.717, 1.165) is 11.3 Å². The lowest BCUT2D eigenvalue weighted by atomic mass is 9.79. The highest BCUT2D eigenvalue weighted by Gasteiger charge is 2.22. The van der Waals surface area contributed by atoms with Gasteiger partial charge >= 0.3 is 19.3 Å². The summed E-state index contributed by atoms with van der Waals surface area (Å²) >= 11 is 1.16. The smallest absolute Gasteiger partial charge is 0.444 e. The molecule has 2 amide bonds. The van der Waals surface area contributed by atoms with Crippen LogP contribution in [0.15, 0.2) is 24.3 Å². The molecule has 0 saturated heterocycles. The number of aromatic nitrogens is 1. The third-order valence-corrected chi connectivity index (χ3v) is 4.53. The van der Waals surface area contributed by atoms with E-state index < -0.39 is 30.5 Å². The van der Waals surface area contributed by atoms with Gasteiger partial charge in [-0.1, -0.05) is 35.6 Å². The van der Waals surface area contributed by atoms with Gasteiger partial charge in [-0.3, -0.25) is 5.32 Å². The Morgan fingerprint density at radius 2 is 1.68 bits per heavy atom. The lowest BCUT2D eigenvalue weighted by Crippen LogP contribution is -2.32. The number of ether oxygens (including phenoxy) is 2. The number of benzene rings is 1. The largest absolute Gasteiger partial charge is 0.488 e. The Hall–Kier alpha value is -2.63. The average Bonchev–Trinajstić information content (AvgIpc) is 2.99. The first-order valence-corrected chi connectivity index (χ1v) is 10.5. The van der Waals surface area contributed by atoms with Gasteiger partial charge in [-0.05, 0) is 47.0 Å². The Kier molecular flexibility index (Phi) is 7.69. The van der Waals surface area contributed by atoms with E-state index in [1.54, 1.807) is 65.8 Å². The second-order valence-corrected chi connectivity index (χ2v) is 9.86. The maximum atomic E-state index is 12.1. The Morgan fingerprint density at radius 1 is 1.06 bits per heavy atom. The van der Waals surface area contributed by atoms with Crippen molar-refractivity contribution in [1.29, 1.82) is 0 Å². The number of carbonyl (C=O) groups is 2. The monoisotopic (exact) mass is 449 g/mol. The number of hydrogen-bond acceptors (Lipinski definition) is 8. The fraction of sp³-hybridized carbons (Fsp3) is 0.450. The second-order valence-electron chi connectivity index (χ2n) is 8.77. The first-order chi connectivity index (χ1) is 14.2. The van der Waals surface area contributed by atoms with E-state index >= 15 is 0 Å². The maximum Gasteiger partial charge on any atom is 0.488 e. The van der Waals surface area contributed by atoms with Gasteiger partial charge in [0.2, 0.25) is 0 Å². The summed E-state index contributed by atoms with van der Waals surface area (Å²) in [6, 6.07) is 6.55. The van der Waals surface area contributed by atoms with Gasteiger partial charge in [0.05, 0.1) is 17.1 Å². The Labute approximate surface area is 185 Å². The number of nitrogens with zero attached hydrogens (tertiary/aromatic N) is 1. The lowest BCUT2D eigenvalue weighted by molar-refractivity contribution is 0.0523. The van der Waals surface area contributed by atoms with Crippen molar-refractivity contribution in [1.82, 2.24) is 10.3 Å². The molecule has 1 aromatic carbocycles. The maximum absolute atomic E-state index is 12.1. The molecule has 168 valence electrons. The zero-order chi connectivity index (χ0) is 23.4. The summed E-state index contributed by atoms with van der Waals surface area (Å²) < 4.78 is 10.5.